The molecule has 0 spiro atoms. The number of hydrogen-bond acceptors (Lipinski definition) is 2. The Bertz CT molecular complexity index is 344. The molecule has 0 unspecified atom stereocenters. The highest BCUT2D eigenvalue weighted by molar-refractivity contribution is 5.27. The maximum Gasteiger partial charge on any atom is 0.137 e. The number of hydrogen-bond donors (Lipinski definition) is 2. The summed E-state index contributed by atoms with van der Waals surface area (Å²) in [5.41, 5.74) is 1.31. The van der Waals surface area contributed by atoms with Gasteiger partial charge in [-0.25, -0.2) is 0 Å². The highest BCUT2D eigenvalue weighted by atomic mass is 16.5. The molecule has 1 saturated heterocycles. The maximum absolute atomic E-state index is 9.93. The molecule has 0 aliphatic carbocycles. The second-order valence-corrected chi connectivity index (χ2v) is 5.12. The highest BCUT2D eigenvalue weighted by Gasteiger charge is 2.19. The molecule has 3 nitrogen and oxygen atoms in total. The smallest absolute Gasteiger partial charge is 0.137 e. The Morgan fingerprint density at radius 3 is 2.50 bits per heavy atom. The van der Waals surface area contributed by atoms with Crippen LogP contribution in [0.2, 0.25) is 0 Å². The average molecular weight is 250 g/mol. The zero-order chi connectivity index (χ0) is 12.8. The van der Waals surface area contributed by atoms with Crippen LogP contribution < -0.4 is 9.64 Å². The van der Waals surface area contributed by atoms with Gasteiger partial charge in [-0.15, -0.1) is 0 Å². The number of aliphatic hydroxyl groups excluding tert-OH is 1. The van der Waals surface area contributed by atoms with Gasteiger partial charge in [-0.1, -0.05) is 19.1 Å². The minimum absolute atomic E-state index is 0.357. The second kappa shape index (κ2) is 6.76. The Kier molecular flexibility index (Phi) is 5.02. The molecule has 1 fully saturated rings. The predicted octanol–water partition coefficient (Wildman–Crippen LogP) is 0.667. The van der Waals surface area contributed by atoms with Crippen LogP contribution in [0, 0.1) is 0 Å². The molecule has 1 aromatic rings. The Balaban J connectivity index is 1.72. The molecule has 0 aromatic heterocycles. The summed E-state index contributed by atoms with van der Waals surface area (Å²) >= 11 is 0. The largest absolute Gasteiger partial charge is 0.491 e. The minimum Gasteiger partial charge on any atom is -0.491 e. The first kappa shape index (κ1) is 13.4. The molecule has 0 radical (unpaired) electrons. The molecule has 18 heavy (non-hydrogen) atoms. The van der Waals surface area contributed by atoms with E-state index in [9.17, 15) is 5.11 Å². The van der Waals surface area contributed by atoms with Crippen molar-refractivity contribution in [3.8, 4) is 5.75 Å². The molecule has 1 aliphatic heterocycles. The SMILES string of the molecule is CCc1ccc(OC[C@H](O)C[NH+]2CCCC2)cc1. The van der Waals surface area contributed by atoms with Crippen LogP contribution in [0.15, 0.2) is 24.3 Å². The van der Waals surface area contributed by atoms with Gasteiger partial charge in [-0.3, -0.25) is 0 Å². The van der Waals surface area contributed by atoms with Gasteiger partial charge in [-0.2, -0.15) is 0 Å². The summed E-state index contributed by atoms with van der Waals surface area (Å²) < 4.78 is 5.61. The fourth-order valence-electron chi connectivity index (χ4n) is 2.49. The summed E-state index contributed by atoms with van der Waals surface area (Å²) in [5, 5.41) is 9.93. The fourth-order valence-corrected chi connectivity index (χ4v) is 2.49. The van der Waals surface area contributed by atoms with E-state index in [1.54, 1.807) is 0 Å². The van der Waals surface area contributed by atoms with Gasteiger partial charge >= 0.3 is 0 Å². The summed E-state index contributed by atoms with van der Waals surface area (Å²) in [6.07, 6.45) is 3.27. The molecule has 1 aliphatic rings. The van der Waals surface area contributed by atoms with Crippen molar-refractivity contribution in [3.05, 3.63) is 29.8 Å². The van der Waals surface area contributed by atoms with E-state index in [0.717, 1.165) is 18.7 Å². The van der Waals surface area contributed by atoms with Crippen LogP contribution in [-0.2, 0) is 6.42 Å². The van der Waals surface area contributed by atoms with Gasteiger partial charge in [0, 0.05) is 12.8 Å². The third-order valence-electron chi connectivity index (χ3n) is 3.61. The topological polar surface area (TPSA) is 33.9 Å². The number of nitrogens with one attached hydrogen (secondary N) is 1. The zero-order valence-corrected chi connectivity index (χ0v) is 11.2. The number of benzene rings is 1. The minimum atomic E-state index is -0.357. The number of rotatable bonds is 6. The maximum atomic E-state index is 9.93. The molecule has 2 N–H and O–H groups in total. The molecule has 1 atom stereocenters. The van der Waals surface area contributed by atoms with Crippen LogP contribution >= 0.6 is 0 Å². The van der Waals surface area contributed by atoms with Crippen molar-refractivity contribution in [2.75, 3.05) is 26.2 Å². The van der Waals surface area contributed by atoms with Gasteiger partial charge in [-0.05, 0) is 24.1 Å². The summed E-state index contributed by atoms with van der Waals surface area (Å²) in [6.45, 7) is 5.74. The molecular weight excluding hydrogens is 226 g/mol. The number of quaternary nitrogens is 1. The Labute approximate surface area is 109 Å². The third kappa shape index (κ3) is 4.00. The van der Waals surface area contributed by atoms with Crippen molar-refractivity contribution in [1.82, 2.24) is 0 Å². The molecule has 1 heterocycles. The van der Waals surface area contributed by atoms with E-state index in [-0.39, 0.29) is 6.10 Å². The molecule has 3 heteroatoms. The molecule has 2 rings (SSSR count). The van der Waals surface area contributed by atoms with Gasteiger partial charge < -0.3 is 14.7 Å². The van der Waals surface area contributed by atoms with Gasteiger partial charge in [0.25, 0.3) is 0 Å². The third-order valence-corrected chi connectivity index (χ3v) is 3.61. The Morgan fingerprint density at radius 2 is 1.89 bits per heavy atom. The van der Waals surface area contributed by atoms with Crippen molar-refractivity contribution >= 4 is 0 Å². The Morgan fingerprint density at radius 1 is 1.22 bits per heavy atom. The first-order valence-electron chi connectivity index (χ1n) is 7.01. The molecular formula is C15H24NO2+. The number of aryl methyl sites for hydroxylation is 1. The first-order valence-corrected chi connectivity index (χ1v) is 7.01. The van der Waals surface area contributed by atoms with Crippen molar-refractivity contribution in [1.29, 1.82) is 0 Å². The summed E-state index contributed by atoms with van der Waals surface area (Å²) in [6, 6.07) is 8.11. The lowest BCUT2D eigenvalue weighted by atomic mass is 10.2. The van der Waals surface area contributed by atoms with Crippen LogP contribution in [0.3, 0.4) is 0 Å². The van der Waals surface area contributed by atoms with Crippen LogP contribution in [0.1, 0.15) is 25.3 Å². The van der Waals surface area contributed by atoms with Gasteiger partial charge in [0.15, 0.2) is 0 Å². The lowest BCUT2D eigenvalue weighted by Crippen LogP contribution is -3.11. The van der Waals surface area contributed by atoms with E-state index in [1.165, 1.54) is 36.4 Å². The number of likely N-dealkylation sites (tertiary alicyclic amines) is 1. The van der Waals surface area contributed by atoms with Gasteiger partial charge in [0.2, 0.25) is 0 Å². The van der Waals surface area contributed by atoms with Gasteiger partial charge in [0.1, 0.15) is 25.0 Å². The standard InChI is InChI=1S/C15H23NO2/c1-2-13-5-7-15(8-6-13)18-12-14(17)11-16-9-3-4-10-16/h5-8,14,17H,2-4,9-12H2,1H3/p+1/t14-/m1/s1. The normalized spacial score (nSPS) is 17.9. The lowest BCUT2D eigenvalue weighted by molar-refractivity contribution is -0.890. The van der Waals surface area contributed by atoms with Crippen molar-refractivity contribution < 1.29 is 14.7 Å². The van der Waals surface area contributed by atoms with E-state index in [2.05, 4.69) is 19.1 Å². The predicted molar refractivity (Wildman–Crippen MR) is 72.1 cm³/mol. The molecule has 0 saturated carbocycles. The van der Waals surface area contributed by atoms with E-state index in [4.69, 9.17) is 4.74 Å². The van der Waals surface area contributed by atoms with E-state index >= 15 is 0 Å². The van der Waals surface area contributed by atoms with E-state index in [1.807, 2.05) is 12.1 Å². The summed E-state index contributed by atoms with van der Waals surface area (Å²) in [4.78, 5) is 1.51. The quantitative estimate of drug-likeness (QED) is 0.778. The van der Waals surface area contributed by atoms with E-state index < -0.39 is 0 Å². The van der Waals surface area contributed by atoms with Crippen LogP contribution in [-0.4, -0.2) is 37.5 Å². The van der Waals surface area contributed by atoms with Crippen LogP contribution in [0.4, 0.5) is 0 Å². The monoisotopic (exact) mass is 250 g/mol. The highest BCUT2D eigenvalue weighted by Crippen LogP contribution is 2.12. The van der Waals surface area contributed by atoms with E-state index in [0.29, 0.717) is 6.61 Å². The molecule has 1 aromatic carbocycles. The number of ether oxygens (including phenoxy) is 1. The Hall–Kier alpha value is -1.06. The first-order chi connectivity index (χ1) is 8.78. The zero-order valence-electron chi connectivity index (χ0n) is 11.2. The molecule has 0 amide bonds. The van der Waals surface area contributed by atoms with Crippen molar-refractivity contribution in [2.24, 2.45) is 0 Å². The van der Waals surface area contributed by atoms with Gasteiger partial charge in [0.05, 0.1) is 13.1 Å². The average Bonchev–Trinajstić information content (AvgIpc) is 2.90. The molecule has 100 valence electrons. The fraction of sp³-hybridized carbons (Fsp3) is 0.600. The lowest BCUT2D eigenvalue weighted by Gasteiger charge is -2.17. The van der Waals surface area contributed by atoms with Crippen molar-refractivity contribution in [2.45, 2.75) is 32.3 Å². The van der Waals surface area contributed by atoms with Crippen LogP contribution in [0.25, 0.3) is 0 Å². The summed E-state index contributed by atoms with van der Waals surface area (Å²) in [5.74, 6) is 0.850. The number of aliphatic hydroxyl groups is 1. The van der Waals surface area contributed by atoms with Crippen LogP contribution in [0.5, 0.6) is 5.75 Å². The summed E-state index contributed by atoms with van der Waals surface area (Å²) in [7, 11) is 0. The second-order valence-electron chi connectivity index (χ2n) is 5.12. The molecule has 0 bridgehead atoms. The van der Waals surface area contributed by atoms with Crippen molar-refractivity contribution in [3.63, 3.8) is 0 Å².